The van der Waals surface area contributed by atoms with E-state index in [-0.39, 0.29) is 6.84 Å². The average Bonchev–Trinajstić information content (AvgIpc) is 3.29. The lowest BCUT2D eigenvalue weighted by Crippen LogP contribution is -2.08. The van der Waals surface area contributed by atoms with E-state index in [2.05, 4.69) is 113 Å². The number of hydrogen-bond acceptors (Lipinski definition) is 0. The first kappa shape index (κ1) is 22.9. The third-order valence-electron chi connectivity index (χ3n) is 6.52. The van der Waals surface area contributed by atoms with Gasteiger partial charge in [0.2, 0.25) is 0 Å². The topological polar surface area (TPSA) is 0 Å². The molecule has 0 nitrogen and oxygen atoms in total. The molecule has 31 heavy (non-hydrogen) atoms. The van der Waals surface area contributed by atoms with Crippen LogP contribution in [0.3, 0.4) is 0 Å². The Bertz CT molecular complexity index is 1030. The van der Waals surface area contributed by atoms with Crippen LogP contribution in [0.5, 0.6) is 0 Å². The first-order valence-electron chi connectivity index (χ1n) is 11.5. The lowest BCUT2D eigenvalue weighted by Gasteiger charge is -2.21. The molecule has 0 fully saturated rings. The lowest BCUT2D eigenvalue weighted by atomic mass is 9.83. The van der Waals surface area contributed by atoms with Crippen molar-refractivity contribution in [3.63, 3.8) is 0 Å². The molecular weight excluding hydrogens is 372 g/mol. The summed E-state index contributed by atoms with van der Waals surface area (Å²) in [6.07, 6.45) is 30.7. The van der Waals surface area contributed by atoms with Gasteiger partial charge < -0.3 is 0 Å². The van der Waals surface area contributed by atoms with E-state index in [1.807, 2.05) is 6.08 Å². The zero-order valence-corrected chi connectivity index (χ0v) is 19.8. The molecular formula is C31H38. The van der Waals surface area contributed by atoms with Gasteiger partial charge in [-0.25, -0.2) is 0 Å². The maximum Gasteiger partial charge on any atom is 0.0432 e. The molecule has 0 radical (unpaired) electrons. The molecule has 0 saturated heterocycles. The Morgan fingerprint density at radius 2 is 2.10 bits per heavy atom. The van der Waals surface area contributed by atoms with Crippen molar-refractivity contribution in [2.75, 3.05) is 0 Å². The van der Waals surface area contributed by atoms with Crippen molar-refractivity contribution >= 4 is 0 Å². The van der Waals surface area contributed by atoms with E-state index < -0.39 is 0 Å². The van der Waals surface area contributed by atoms with E-state index in [0.29, 0.717) is 5.92 Å². The quantitative estimate of drug-likeness (QED) is 0.303. The summed E-state index contributed by atoms with van der Waals surface area (Å²) >= 11 is 0. The second-order valence-electron chi connectivity index (χ2n) is 9.34. The Balaban J connectivity index is 0.00000363. The maximum atomic E-state index is 3.40. The fraction of sp³-hybridized carbons (Fsp3) is 0.355. The van der Waals surface area contributed by atoms with Gasteiger partial charge in [-0.3, -0.25) is 0 Å². The molecule has 0 bridgehead atoms. The van der Waals surface area contributed by atoms with Crippen LogP contribution in [-0.4, -0.2) is 0 Å². The standard InChI is InChI=1S/C31H36.H2/c1-6-7-19-28-23-31(4,5)25(3)30(28)20-13-12-18-27-21-29(22-27)24(2)14-8-9-15-26-16-10-11-17-26;/h6-10,13-14,16-17,19-21,27H,11,15,22-23H2,1-5H3;1H/b7-6-,9-8-,20-13-,24-14+,28-19+;. The van der Waals surface area contributed by atoms with Crippen molar-refractivity contribution in [2.45, 2.75) is 60.3 Å². The van der Waals surface area contributed by atoms with E-state index >= 15 is 0 Å². The molecule has 162 valence electrons. The first-order chi connectivity index (χ1) is 14.9. The van der Waals surface area contributed by atoms with Gasteiger partial charge >= 0.3 is 0 Å². The van der Waals surface area contributed by atoms with Gasteiger partial charge in [0.25, 0.3) is 0 Å². The molecule has 0 spiro atoms. The Kier molecular flexibility index (Phi) is 7.75. The molecule has 0 heterocycles. The predicted molar refractivity (Wildman–Crippen MR) is 139 cm³/mol. The summed E-state index contributed by atoms with van der Waals surface area (Å²) in [5.74, 6) is 7.06. The van der Waals surface area contributed by atoms with Crippen molar-refractivity contribution < 1.29 is 1.43 Å². The van der Waals surface area contributed by atoms with Crippen LogP contribution in [-0.2, 0) is 0 Å². The van der Waals surface area contributed by atoms with Gasteiger partial charge in [0.1, 0.15) is 0 Å². The largest absolute Gasteiger partial charge is 0.0906 e. The smallest absolute Gasteiger partial charge is 0.0432 e. The maximum absolute atomic E-state index is 3.40. The van der Waals surface area contributed by atoms with E-state index in [9.17, 15) is 0 Å². The van der Waals surface area contributed by atoms with E-state index in [4.69, 9.17) is 0 Å². The van der Waals surface area contributed by atoms with Gasteiger partial charge in [0, 0.05) is 7.34 Å². The van der Waals surface area contributed by atoms with Crippen molar-refractivity contribution in [3.05, 3.63) is 106 Å². The molecule has 0 aliphatic heterocycles. The summed E-state index contributed by atoms with van der Waals surface area (Å²) in [6.45, 7) is 11.2. The Morgan fingerprint density at radius 1 is 1.29 bits per heavy atom. The Hall–Kier alpha value is -2.78. The molecule has 0 N–H and O–H groups in total. The number of allylic oxidation sites excluding steroid dienone is 18. The van der Waals surface area contributed by atoms with Crippen molar-refractivity contribution in [1.82, 2.24) is 0 Å². The second kappa shape index (κ2) is 10.5. The fourth-order valence-corrected chi connectivity index (χ4v) is 4.20. The molecule has 3 rings (SSSR count). The summed E-state index contributed by atoms with van der Waals surface area (Å²) in [5, 5.41) is 0. The summed E-state index contributed by atoms with van der Waals surface area (Å²) in [7, 11) is 0. The minimum Gasteiger partial charge on any atom is -0.0906 e. The lowest BCUT2D eigenvalue weighted by molar-refractivity contribution is 0.467. The Labute approximate surface area is 191 Å². The SMILES string of the molecule is C/C=C\C=C1/CC(C)(C)C(C)=C1/C=C\C#CC1C=C(/C(C)=C/C=C\CC2=CCC=C2)C1.[HH]. The summed E-state index contributed by atoms with van der Waals surface area (Å²) in [4.78, 5) is 0. The Morgan fingerprint density at radius 3 is 2.81 bits per heavy atom. The summed E-state index contributed by atoms with van der Waals surface area (Å²) in [6, 6.07) is 0. The van der Waals surface area contributed by atoms with Crippen LogP contribution in [0.1, 0.15) is 61.7 Å². The van der Waals surface area contributed by atoms with E-state index in [1.165, 1.54) is 33.4 Å². The average molecular weight is 411 g/mol. The highest BCUT2D eigenvalue weighted by Gasteiger charge is 2.31. The van der Waals surface area contributed by atoms with Gasteiger partial charge in [0.15, 0.2) is 0 Å². The second-order valence-corrected chi connectivity index (χ2v) is 9.34. The highest BCUT2D eigenvalue weighted by molar-refractivity contribution is 5.53. The molecule has 0 aromatic rings. The van der Waals surface area contributed by atoms with Crippen LogP contribution in [0.2, 0.25) is 0 Å². The molecule has 3 aliphatic rings. The van der Waals surface area contributed by atoms with Gasteiger partial charge in [-0.15, -0.1) is 0 Å². The zero-order valence-electron chi connectivity index (χ0n) is 19.8. The molecule has 3 aliphatic carbocycles. The van der Waals surface area contributed by atoms with Crippen LogP contribution >= 0.6 is 0 Å². The third-order valence-corrected chi connectivity index (χ3v) is 6.52. The molecule has 1 atom stereocenters. The van der Waals surface area contributed by atoms with Crippen LogP contribution in [0.4, 0.5) is 0 Å². The first-order valence-corrected chi connectivity index (χ1v) is 11.5. The van der Waals surface area contributed by atoms with Gasteiger partial charge in [-0.05, 0) is 91.9 Å². The summed E-state index contributed by atoms with van der Waals surface area (Å²) < 4.78 is 0. The molecule has 0 aromatic heterocycles. The highest BCUT2D eigenvalue weighted by Crippen LogP contribution is 2.45. The summed E-state index contributed by atoms with van der Waals surface area (Å²) in [5.41, 5.74) is 8.67. The van der Waals surface area contributed by atoms with Crippen LogP contribution < -0.4 is 0 Å². The predicted octanol–water partition coefficient (Wildman–Crippen LogP) is 8.77. The molecule has 0 heteroatoms. The van der Waals surface area contributed by atoms with Crippen molar-refractivity contribution in [3.8, 4) is 11.8 Å². The van der Waals surface area contributed by atoms with Crippen LogP contribution in [0, 0.1) is 23.2 Å². The molecule has 1 unspecified atom stereocenters. The van der Waals surface area contributed by atoms with Crippen LogP contribution in [0.15, 0.2) is 106 Å². The zero-order chi connectivity index (χ0) is 22.3. The van der Waals surface area contributed by atoms with Crippen molar-refractivity contribution in [1.29, 1.82) is 0 Å². The monoisotopic (exact) mass is 410 g/mol. The van der Waals surface area contributed by atoms with Gasteiger partial charge in [-0.1, -0.05) is 92.0 Å². The van der Waals surface area contributed by atoms with Gasteiger partial charge in [0.05, 0.1) is 0 Å². The molecule has 0 saturated carbocycles. The fourth-order valence-electron chi connectivity index (χ4n) is 4.20. The van der Waals surface area contributed by atoms with Crippen molar-refractivity contribution in [2.24, 2.45) is 11.3 Å². The highest BCUT2D eigenvalue weighted by atomic mass is 14.4. The molecule has 0 amide bonds. The van der Waals surface area contributed by atoms with E-state index in [1.54, 1.807) is 0 Å². The minimum absolute atomic E-state index is 0. The number of rotatable bonds is 6. The third kappa shape index (κ3) is 6.11. The number of hydrogen-bond donors (Lipinski definition) is 0. The molecule has 0 aromatic carbocycles. The normalized spacial score (nSPS) is 24.4. The van der Waals surface area contributed by atoms with Gasteiger partial charge in [-0.2, -0.15) is 0 Å². The van der Waals surface area contributed by atoms with Crippen LogP contribution in [0.25, 0.3) is 0 Å². The minimum atomic E-state index is 0. The van der Waals surface area contributed by atoms with E-state index in [0.717, 1.165) is 25.7 Å².